The number of rotatable bonds is 4. The molecule has 0 bridgehead atoms. The van der Waals surface area contributed by atoms with Gasteiger partial charge in [0.2, 0.25) is 5.90 Å². The molecule has 0 fully saturated rings. The van der Waals surface area contributed by atoms with Gasteiger partial charge < -0.3 is 4.74 Å². The quantitative estimate of drug-likeness (QED) is 0.344. The smallest absolute Gasteiger partial charge is 0.229 e. The molecule has 0 amide bonds. The van der Waals surface area contributed by atoms with Crippen LogP contribution in [0, 0.1) is 6.92 Å². The minimum absolute atomic E-state index is 0.256. The van der Waals surface area contributed by atoms with Crippen molar-refractivity contribution < 1.29 is 9.53 Å². The van der Waals surface area contributed by atoms with Crippen LogP contribution in [-0.2, 0) is 4.79 Å². The first-order chi connectivity index (χ1) is 8.22. The lowest BCUT2D eigenvalue weighted by Crippen LogP contribution is -2.13. The fraction of sp³-hybridized carbons (Fsp3) is 0.143. The summed E-state index contributed by atoms with van der Waals surface area (Å²) < 4.78 is 5.61. The fourth-order valence-electron chi connectivity index (χ4n) is 1.26. The Hall–Kier alpha value is -2.16. The summed E-state index contributed by atoms with van der Waals surface area (Å²) in [5, 5.41) is 0. The van der Waals surface area contributed by atoms with Crippen LogP contribution in [0.2, 0.25) is 0 Å². The molecule has 0 unspecified atom stereocenters. The van der Waals surface area contributed by atoms with Gasteiger partial charge in [0, 0.05) is 6.20 Å². The Labute approximate surface area is 101 Å². The monoisotopic (exact) mass is 229 g/mol. The number of nitrogens with zero attached hydrogens (tertiary/aromatic N) is 1. The number of allylic oxidation sites excluding steroid dienone is 1. The Bertz CT molecular complexity index is 473. The van der Waals surface area contributed by atoms with Crippen molar-refractivity contribution in [1.82, 2.24) is 0 Å². The zero-order valence-corrected chi connectivity index (χ0v) is 10.0. The number of aliphatic imine (C=N–C) groups is 1. The number of carbonyl (C=O) groups excluding carboxylic acids is 1. The summed E-state index contributed by atoms with van der Waals surface area (Å²) in [7, 11) is 0. The van der Waals surface area contributed by atoms with E-state index in [1.54, 1.807) is 13.0 Å². The third-order valence-electron chi connectivity index (χ3n) is 2.19. The second kappa shape index (κ2) is 6.43. The maximum atomic E-state index is 10.9. The molecule has 0 spiro atoms. The number of hydrogen-bond donors (Lipinski definition) is 0. The average molecular weight is 229 g/mol. The van der Waals surface area contributed by atoms with Crippen molar-refractivity contribution in [3.05, 3.63) is 54.3 Å². The molecule has 0 aromatic heterocycles. The highest BCUT2D eigenvalue weighted by atomic mass is 16.5. The van der Waals surface area contributed by atoms with Crippen LogP contribution in [0.1, 0.15) is 12.5 Å². The zero-order valence-electron chi connectivity index (χ0n) is 10.0. The molecule has 0 aliphatic carbocycles. The summed E-state index contributed by atoms with van der Waals surface area (Å²) in [4.78, 5) is 14.8. The van der Waals surface area contributed by atoms with E-state index in [1.165, 1.54) is 6.20 Å². The van der Waals surface area contributed by atoms with E-state index in [0.717, 1.165) is 5.56 Å². The lowest BCUT2D eigenvalue weighted by Gasteiger charge is -2.09. The summed E-state index contributed by atoms with van der Waals surface area (Å²) in [6.45, 7) is 7.19. The summed E-state index contributed by atoms with van der Waals surface area (Å²) in [6, 6.07) is 7.54. The Kier molecular flexibility index (Phi) is 4.88. The second-order valence-corrected chi connectivity index (χ2v) is 3.35. The molecule has 0 saturated carbocycles. The molecule has 1 aromatic rings. The maximum absolute atomic E-state index is 10.9. The lowest BCUT2D eigenvalue weighted by atomic mass is 10.2. The Balaban J connectivity index is 3.04. The van der Waals surface area contributed by atoms with Crippen molar-refractivity contribution in [3.63, 3.8) is 0 Å². The van der Waals surface area contributed by atoms with Crippen molar-refractivity contribution in [2.75, 3.05) is 0 Å². The normalized spacial score (nSPS) is 12.1. The van der Waals surface area contributed by atoms with Gasteiger partial charge >= 0.3 is 0 Å². The van der Waals surface area contributed by atoms with Gasteiger partial charge in [-0.1, -0.05) is 30.9 Å². The average Bonchev–Trinajstić information content (AvgIpc) is 2.34. The number of hydrogen-bond acceptors (Lipinski definition) is 3. The standard InChI is InChI=1S/C14H15NO2/c1-4-12(10-16)14(15-5-2)17-13-9-7-6-8-11(13)3/h4-10H,2H2,1,3H3/b12-4-,15-14?. The van der Waals surface area contributed by atoms with Crippen molar-refractivity contribution in [2.45, 2.75) is 13.8 Å². The van der Waals surface area contributed by atoms with E-state index in [-0.39, 0.29) is 5.90 Å². The van der Waals surface area contributed by atoms with Crippen molar-refractivity contribution >= 4 is 12.2 Å². The highest BCUT2D eigenvalue weighted by molar-refractivity contribution is 6.11. The molecule has 17 heavy (non-hydrogen) atoms. The van der Waals surface area contributed by atoms with Gasteiger partial charge in [0.05, 0.1) is 5.57 Å². The van der Waals surface area contributed by atoms with Gasteiger partial charge in [0.1, 0.15) is 5.75 Å². The Morgan fingerprint density at radius 2 is 2.12 bits per heavy atom. The Morgan fingerprint density at radius 3 is 2.65 bits per heavy atom. The molecule has 1 aromatic carbocycles. The first-order valence-electron chi connectivity index (χ1n) is 5.27. The molecule has 0 aliphatic heterocycles. The first kappa shape index (κ1) is 12.9. The van der Waals surface area contributed by atoms with Gasteiger partial charge in [-0.25, -0.2) is 4.99 Å². The van der Waals surface area contributed by atoms with Crippen LogP contribution < -0.4 is 4.74 Å². The molecular formula is C14H15NO2. The van der Waals surface area contributed by atoms with E-state index < -0.39 is 0 Å². The lowest BCUT2D eigenvalue weighted by molar-refractivity contribution is -0.104. The van der Waals surface area contributed by atoms with Crippen LogP contribution in [0.3, 0.4) is 0 Å². The van der Waals surface area contributed by atoms with Gasteiger partial charge in [0.15, 0.2) is 6.29 Å². The second-order valence-electron chi connectivity index (χ2n) is 3.35. The highest BCUT2D eigenvalue weighted by Crippen LogP contribution is 2.17. The molecule has 1 rings (SSSR count). The number of ether oxygens (including phenoxy) is 1. The van der Waals surface area contributed by atoms with E-state index >= 15 is 0 Å². The number of aldehydes is 1. The number of para-hydroxylation sites is 1. The molecule has 3 heteroatoms. The van der Waals surface area contributed by atoms with Gasteiger partial charge in [0.25, 0.3) is 0 Å². The first-order valence-corrected chi connectivity index (χ1v) is 5.27. The number of carbonyl (C=O) groups is 1. The molecule has 0 atom stereocenters. The van der Waals surface area contributed by atoms with Gasteiger partial charge in [-0.3, -0.25) is 4.79 Å². The van der Waals surface area contributed by atoms with E-state index in [1.807, 2.05) is 31.2 Å². The molecular weight excluding hydrogens is 214 g/mol. The molecule has 0 N–H and O–H groups in total. The van der Waals surface area contributed by atoms with E-state index in [0.29, 0.717) is 17.6 Å². The van der Waals surface area contributed by atoms with Crippen molar-refractivity contribution in [3.8, 4) is 5.75 Å². The third-order valence-corrected chi connectivity index (χ3v) is 2.19. The third kappa shape index (κ3) is 3.41. The van der Waals surface area contributed by atoms with Crippen LogP contribution >= 0.6 is 0 Å². The topological polar surface area (TPSA) is 38.7 Å². The van der Waals surface area contributed by atoms with E-state index in [2.05, 4.69) is 11.6 Å². The number of benzene rings is 1. The predicted molar refractivity (Wildman–Crippen MR) is 69.3 cm³/mol. The van der Waals surface area contributed by atoms with Crippen LogP contribution in [0.5, 0.6) is 5.75 Å². The Morgan fingerprint density at radius 1 is 1.41 bits per heavy atom. The molecule has 0 saturated heterocycles. The van der Waals surface area contributed by atoms with E-state index in [9.17, 15) is 4.79 Å². The van der Waals surface area contributed by atoms with Crippen LogP contribution in [0.15, 0.2) is 53.7 Å². The minimum atomic E-state index is 0.256. The summed E-state index contributed by atoms with van der Waals surface area (Å²) >= 11 is 0. The number of aryl methyl sites for hydroxylation is 1. The van der Waals surface area contributed by atoms with Crippen LogP contribution in [0.4, 0.5) is 0 Å². The van der Waals surface area contributed by atoms with Crippen LogP contribution in [0.25, 0.3) is 0 Å². The SMILES string of the molecule is C=CN=C(Oc1ccccc1C)/C(C=O)=C\C. The predicted octanol–water partition coefficient (Wildman–Crippen LogP) is 3.06. The summed E-state index contributed by atoms with van der Waals surface area (Å²) in [6.07, 6.45) is 3.70. The summed E-state index contributed by atoms with van der Waals surface area (Å²) in [5.41, 5.74) is 1.37. The summed E-state index contributed by atoms with van der Waals surface area (Å²) in [5.74, 6) is 0.932. The van der Waals surface area contributed by atoms with Gasteiger partial charge in [-0.15, -0.1) is 0 Å². The van der Waals surface area contributed by atoms with Crippen molar-refractivity contribution in [2.24, 2.45) is 4.99 Å². The molecule has 0 heterocycles. The zero-order chi connectivity index (χ0) is 12.7. The van der Waals surface area contributed by atoms with Gasteiger partial charge in [-0.2, -0.15) is 0 Å². The molecule has 0 radical (unpaired) electrons. The van der Waals surface area contributed by atoms with Crippen molar-refractivity contribution in [1.29, 1.82) is 0 Å². The minimum Gasteiger partial charge on any atom is -0.438 e. The largest absolute Gasteiger partial charge is 0.438 e. The molecule has 0 aliphatic rings. The van der Waals surface area contributed by atoms with Gasteiger partial charge in [-0.05, 0) is 25.5 Å². The molecule has 88 valence electrons. The fourth-order valence-corrected chi connectivity index (χ4v) is 1.26. The molecule has 3 nitrogen and oxygen atoms in total. The highest BCUT2D eigenvalue weighted by Gasteiger charge is 2.09. The maximum Gasteiger partial charge on any atom is 0.229 e. The van der Waals surface area contributed by atoms with Crippen LogP contribution in [-0.4, -0.2) is 12.2 Å². The van der Waals surface area contributed by atoms with E-state index in [4.69, 9.17) is 4.74 Å².